The van der Waals surface area contributed by atoms with Crippen molar-refractivity contribution in [2.75, 3.05) is 0 Å². The van der Waals surface area contributed by atoms with E-state index in [1.807, 2.05) is 0 Å². The quantitative estimate of drug-likeness (QED) is 0.433. The van der Waals surface area contributed by atoms with Crippen molar-refractivity contribution in [3.05, 3.63) is 12.2 Å². The lowest BCUT2D eigenvalue weighted by Gasteiger charge is -2.59. The lowest BCUT2D eigenvalue weighted by molar-refractivity contribution is -0.158. The molecule has 4 rings (SSSR count). The van der Waals surface area contributed by atoms with E-state index >= 15 is 0 Å². The van der Waals surface area contributed by atoms with Crippen LogP contribution in [0.15, 0.2) is 12.2 Å². The van der Waals surface area contributed by atoms with Gasteiger partial charge in [-0.25, -0.2) is 0 Å². The van der Waals surface area contributed by atoms with Crippen molar-refractivity contribution in [1.82, 2.24) is 0 Å². The van der Waals surface area contributed by atoms with E-state index in [0.717, 1.165) is 12.8 Å². The fourth-order valence-corrected chi connectivity index (χ4v) is 8.91. The van der Waals surface area contributed by atoms with Crippen LogP contribution in [0.4, 0.5) is 0 Å². The highest BCUT2D eigenvalue weighted by Crippen LogP contribution is 2.67. The lowest BCUT2D eigenvalue weighted by atomic mass is 9.44. The Balaban J connectivity index is 1.55. The van der Waals surface area contributed by atoms with Gasteiger partial charge in [-0.3, -0.25) is 9.59 Å². The minimum absolute atomic E-state index is 0.211. The van der Waals surface area contributed by atoms with Gasteiger partial charge in [-0.05, 0) is 90.8 Å². The van der Waals surface area contributed by atoms with Gasteiger partial charge in [0.15, 0.2) is 0 Å². The van der Waals surface area contributed by atoms with E-state index in [1.165, 1.54) is 32.1 Å². The Kier molecular flexibility index (Phi) is 6.34. The Labute approximate surface area is 191 Å². The maximum atomic E-state index is 13.5. The van der Waals surface area contributed by atoms with Crippen LogP contribution >= 0.6 is 0 Å². The van der Waals surface area contributed by atoms with Gasteiger partial charge in [0.1, 0.15) is 11.6 Å². The molecule has 0 saturated heterocycles. The molecule has 9 atom stereocenters. The summed E-state index contributed by atoms with van der Waals surface area (Å²) in [4.78, 5) is 25.6. The van der Waals surface area contributed by atoms with Gasteiger partial charge in [0, 0.05) is 25.2 Å². The van der Waals surface area contributed by atoms with E-state index in [1.54, 1.807) is 0 Å². The average molecular weight is 427 g/mol. The van der Waals surface area contributed by atoms with Crippen molar-refractivity contribution in [2.45, 2.75) is 99.3 Å². The predicted molar refractivity (Wildman–Crippen MR) is 128 cm³/mol. The Hall–Kier alpha value is -0.920. The highest BCUT2D eigenvalue weighted by Gasteiger charge is 2.62. The molecule has 2 nitrogen and oxygen atoms in total. The molecule has 0 amide bonds. The van der Waals surface area contributed by atoms with Crippen LogP contribution in [0, 0.1) is 58.2 Å². The molecule has 0 bridgehead atoms. The molecule has 2 heteroatoms. The smallest absolute Gasteiger partial charge is 0.136 e. The third-order valence-electron chi connectivity index (χ3n) is 11.0. The largest absolute Gasteiger partial charge is 0.300 e. The molecule has 0 aromatic heterocycles. The molecule has 0 heterocycles. The topological polar surface area (TPSA) is 34.1 Å². The van der Waals surface area contributed by atoms with Gasteiger partial charge in [0.2, 0.25) is 0 Å². The Bertz CT molecular complexity index is 735. The van der Waals surface area contributed by atoms with Crippen LogP contribution in [0.1, 0.15) is 99.3 Å². The van der Waals surface area contributed by atoms with Gasteiger partial charge in [-0.1, -0.05) is 53.7 Å². The number of carbonyl (C=O) groups excluding carboxylic acids is 2. The molecule has 4 saturated carbocycles. The van der Waals surface area contributed by atoms with Crippen LogP contribution in [0.5, 0.6) is 0 Å². The molecular formula is C29H46O2. The molecule has 174 valence electrons. The highest BCUT2D eigenvalue weighted by molar-refractivity contribution is 5.86. The SMILES string of the molecule is CCC(C=CC(C)C1CCC2C3C(=O)CC4CC(=O)CCC4(C)C3CCC12C)C(C)C. The van der Waals surface area contributed by atoms with Gasteiger partial charge in [-0.15, -0.1) is 0 Å². The molecule has 4 aliphatic rings. The summed E-state index contributed by atoms with van der Waals surface area (Å²) in [7, 11) is 0. The van der Waals surface area contributed by atoms with E-state index in [-0.39, 0.29) is 11.3 Å². The van der Waals surface area contributed by atoms with Gasteiger partial charge in [-0.2, -0.15) is 0 Å². The minimum Gasteiger partial charge on any atom is -0.300 e. The number of carbonyl (C=O) groups is 2. The van der Waals surface area contributed by atoms with Crippen molar-refractivity contribution < 1.29 is 9.59 Å². The average Bonchev–Trinajstić information content (AvgIpc) is 3.06. The lowest BCUT2D eigenvalue weighted by Crippen LogP contribution is -2.57. The van der Waals surface area contributed by atoms with Crippen LogP contribution in [0.25, 0.3) is 0 Å². The zero-order chi connectivity index (χ0) is 22.6. The fourth-order valence-electron chi connectivity index (χ4n) is 8.91. The van der Waals surface area contributed by atoms with Crippen LogP contribution < -0.4 is 0 Å². The van der Waals surface area contributed by atoms with E-state index in [0.29, 0.717) is 71.2 Å². The summed E-state index contributed by atoms with van der Waals surface area (Å²) in [5.74, 6) is 5.21. The first-order valence-corrected chi connectivity index (χ1v) is 13.3. The van der Waals surface area contributed by atoms with Crippen LogP contribution in [-0.4, -0.2) is 11.6 Å². The zero-order valence-electron chi connectivity index (χ0n) is 21.0. The molecule has 0 aromatic rings. The summed E-state index contributed by atoms with van der Waals surface area (Å²) in [5.41, 5.74) is 0.511. The van der Waals surface area contributed by atoms with Gasteiger partial charge in [0.25, 0.3) is 0 Å². The van der Waals surface area contributed by atoms with Crippen molar-refractivity contribution >= 4 is 11.6 Å². The van der Waals surface area contributed by atoms with Crippen molar-refractivity contribution in [2.24, 2.45) is 58.2 Å². The van der Waals surface area contributed by atoms with Crippen LogP contribution in [-0.2, 0) is 9.59 Å². The summed E-state index contributed by atoms with van der Waals surface area (Å²) in [6.45, 7) is 14.4. The molecule has 4 fully saturated rings. The number of rotatable bonds is 5. The molecule has 0 aliphatic heterocycles. The zero-order valence-corrected chi connectivity index (χ0v) is 21.0. The monoisotopic (exact) mass is 426 g/mol. The second-order valence-corrected chi connectivity index (χ2v) is 12.6. The van der Waals surface area contributed by atoms with Crippen molar-refractivity contribution in [1.29, 1.82) is 0 Å². The van der Waals surface area contributed by atoms with E-state index in [4.69, 9.17) is 0 Å². The first kappa shape index (κ1) is 23.2. The third kappa shape index (κ3) is 3.78. The number of hydrogen-bond acceptors (Lipinski definition) is 2. The minimum atomic E-state index is 0.211. The van der Waals surface area contributed by atoms with E-state index in [2.05, 4.69) is 53.7 Å². The normalized spacial score (nSPS) is 44.8. The Morgan fingerprint density at radius 2 is 1.65 bits per heavy atom. The van der Waals surface area contributed by atoms with Crippen LogP contribution in [0.3, 0.4) is 0 Å². The third-order valence-corrected chi connectivity index (χ3v) is 11.0. The maximum absolute atomic E-state index is 13.5. The predicted octanol–water partition coefficient (Wildman–Crippen LogP) is 7.27. The molecule has 0 N–H and O–H groups in total. The van der Waals surface area contributed by atoms with E-state index < -0.39 is 0 Å². The van der Waals surface area contributed by atoms with Crippen molar-refractivity contribution in [3.8, 4) is 0 Å². The second kappa shape index (κ2) is 8.45. The number of hydrogen-bond donors (Lipinski definition) is 0. The molecule has 9 unspecified atom stereocenters. The van der Waals surface area contributed by atoms with Crippen molar-refractivity contribution in [3.63, 3.8) is 0 Å². The molecule has 31 heavy (non-hydrogen) atoms. The summed E-state index contributed by atoms with van der Waals surface area (Å²) in [6.07, 6.45) is 14.3. The summed E-state index contributed by atoms with van der Waals surface area (Å²) in [5, 5.41) is 0. The Morgan fingerprint density at radius 1 is 0.935 bits per heavy atom. The number of allylic oxidation sites excluding steroid dienone is 2. The van der Waals surface area contributed by atoms with E-state index in [9.17, 15) is 9.59 Å². The summed E-state index contributed by atoms with van der Waals surface area (Å²) < 4.78 is 0. The molecule has 0 radical (unpaired) electrons. The van der Waals surface area contributed by atoms with Gasteiger partial charge in [0.05, 0.1) is 0 Å². The standard InChI is InChI=1S/C29H46O2/c1-7-20(18(2)3)9-8-19(4)23-10-11-24-27-25(13-15-29(23,24)6)28(5)14-12-22(30)16-21(28)17-26(27)31/h8-9,18-21,23-25,27H,7,10-17H2,1-6H3. The molecule has 0 spiro atoms. The first-order valence-electron chi connectivity index (χ1n) is 13.3. The van der Waals surface area contributed by atoms with Crippen LogP contribution in [0.2, 0.25) is 0 Å². The number of ketones is 2. The van der Waals surface area contributed by atoms with Gasteiger partial charge >= 0.3 is 0 Å². The number of Topliss-reactive ketones (excluding diaryl/α,β-unsaturated/α-hetero) is 2. The molecule has 4 aliphatic carbocycles. The highest BCUT2D eigenvalue weighted by atomic mass is 16.1. The van der Waals surface area contributed by atoms with Gasteiger partial charge < -0.3 is 0 Å². The number of fused-ring (bicyclic) bond motifs is 5. The summed E-state index contributed by atoms with van der Waals surface area (Å²) in [6, 6.07) is 0. The Morgan fingerprint density at radius 3 is 2.32 bits per heavy atom. The fraction of sp³-hybridized carbons (Fsp3) is 0.862. The molecule has 0 aromatic carbocycles. The molecular weight excluding hydrogens is 380 g/mol. The first-order chi connectivity index (χ1) is 14.6. The summed E-state index contributed by atoms with van der Waals surface area (Å²) >= 11 is 0. The maximum Gasteiger partial charge on any atom is 0.136 e. The second-order valence-electron chi connectivity index (χ2n) is 12.6.